The van der Waals surface area contributed by atoms with E-state index in [0.29, 0.717) is 11.7 Å². The number of rotatable bonds is 7. The number of thioether (sulfide) groups is 1. The molecule has 128 valence electrons. The second kappa shape index (κ2) is 7.25. The molecule has 0 aliphatic heterocycles. The third-order valence-corrected chi connectivity index (χ3v) is 5.39. The summed E-state index contributed by atoms with van der Waals surface area (Å²) < 4.78 is 1.58. The van der Waals surface area contributed by atoms with Crippen molar-refractivity contribution in [3.8, 4) is 0 Å². The monoisotopic (exact) mass is 346 g/mol. The van der Waals surface area contributed by atoms with Gasteiger partial charge in [-0.2, -0.15) is 0 Å². The van der Waals surface area contributed by atoms with Gasteiger partial charge in [-0.1, -0.05) is 49.0 Å². The highest BCUT2D eigenvalue weighted by Crippen LogP contribution is 2.41. The third-order valence-electron chi connectivity index (χ3n) is 4.41. The van der Waals surface area contributed by atoms with Crippen LogP contribution >= 0.6 is 11.8 Å². The van der Waals surface area contributed by atoms with E-state index in [1.807, 2.05) is 25.1 Å². The number of nitrogens with one attached hydrogen (secondary N) is 2. The molecule has 2 N–H and O–H groups in total. The van der Waals surface area contributed by atoms with Crippen molar-refractivity contribution in [2.24, 2.45) is 0 Å². The first kappa shape index (κ1) is 16.8. The average molecular weight is 346 g/mol. The van der Waals surface area contributed by atoms with Crippen molar-refractivity contribution in [3.63, 3.8) is 0 Å². The van der Waals surface area contributed by atoms with Crippen molar-refractivity contribution in [2.45, 2.75) is 49.8 Å². The lowest BCUT2D eigenvalue weighted by Crippen LogP contribution is -2.51. The molecule has 0 atom stereocenters. The molecule has 1 aromatic carbocycles. The van der Waals surface area contributed by atoms with Crippen molar-refractivity contribution in [3.05, 3.63) is 46.4 Å². The number of carbonyl (C=O) groups is 1. The summed E-state index contributed by atoms with van der Waals surface area (Å²) in [5.74, 6) is 0.227. The summed E-state index contributed by atoms with van der Waals surface area (Å²) in [5, 5.41) is 10.2. The van der Waals surface area contributed by atoms with E-state index in [0.717, 1.165) is 31.2 Å². The van der Waals surface area contributed by atoms with Crippen molar-refractivity contribution in [1.82, 2.24) is 20.1 Å². The van der Waals surface area contributed by atoms with Crippen molar-refractivity contribution < 1.29 is 4.79 Å². The quantitative estimate of drug-likeness (QED) is 0.754. The molecule has 1 amide bonds. The van der Waals surface area contributed by atoms with Crippen LogP contribution in [0.2, 0.25) is 0 Å². The summed E-state index contributed by atoms with van der Waals surface area (Å²) in [7, 11) is 0. The van der Waals surface area contributed by atoms with Crippen LogP contribution in [0.3, 0.4) is 0 Å². The molecule has 0 saturated heterocycles. The Morgan fingerprint density at radius 3 is 2.75 bits per heavy atom. The number of aromatic nitrogens is 3. The van der Waals surface area contributed by atoms with E-state index < -0.39 is 0 Å². The lowest BCUT2D eigenvalue weighted by molar-refractivity contribution is -0.121. The first-order valence-corrected chi connectivity index (χ1v) is 9.28. The van der Waals surface area contributed by atoms with E-state index in [1.54, 1.807) is 4.57 Å². The fraction of sp³-hybridized carbons (Fsp3) is 0.471. The molecule has 1 heterocycles. The Hall–Kier alpha value is -2.02. The van der Waals surface area contributed by atoms with Crippen molar-refractivity contribution >= 4 is 17.7 Å². The highest BCUT2D eigenvalue weighted by Gasteiger charge is 2.39. The predicted molar refractivity (Wildman–Crippen MR) is 94.0 cm³/mol. The van der Waals surface area contributed by atoms with Crippen LogP contribution in [0.1, 0.15) is 38.2 Å². The smallest absolute Gasteiger partial charge is 0.343 e. The summed E-state index contributed by atoms with van der Waals surface area (Å²) >= 11 is 1.29. The molecule has 3 rings (SSSR count). The molecule has 0 spiro atoms. The molecule has 1 aliphatic carbocycles. The van der Waals surface area contributed by atoms with Gasteiger partial charge in [-0.25, -0.2) is 9.89 Å². The maximum Gasteiger partial charge on any atom is 0.343 e. The normalized spacial score (nSPS) is 15.7. The van der Waals surface area contributed by atoms with Gasteiger partial charge in [0, 0.05) is 6.54 Å². The lowest BCUT2D eigenvalue weighted by Gasteiger charge is -2.43. The number of aromatic amines is 1. The SMILES string of the molecule is CCCn1c(SCC(=O)NC2(c3ccccc3)CCC2)n[nH]c1=O. The Morgan fingerprint density at radius 1 is 1.38 bits per heavy atom. The minimum Gasteiger partial charge on any atom is -0.346 e. The van der Waals surface area contributed by atoms with E-state index in [-0.39, 0.29) is 22.9 Å². The van der Waals surface area contributed by atoms with Crippen LogP contribution in [-0.4, -0.2) is 26.4 Å². The molecule has 1 aliphatic rings. The molecule has 6 nitrogen and oxygen atoms in total. The minimum absolute atomic E-state index is 0.0259. The first-order valence-electron chi connectivity index (χ1n) is 8.29. The maximum absolute atomic E-state index is 12.4. The summed E-state index contributed by atoms with van der Waals surface area (Å²) in [6.45, 7) is 2.61. The minimum atomic E-state index is -0.229. The molecule has 2 aromatic rings. The second-order valence-electron chi connectivity index (χ2n) is 6.10. The molecule has 1 saturated carbocycles. The van der Waals surface area contributed by atoms with Gasteiger partial charge < -0.3 is 5.32 Å². The van der Waals surface area contributed by atoms with Crippen LogP contribution in [0.15, 0.2) is 40.3 Å². The van der Waals surface area contributed by atoms with Gasteiger partial charge in [-0.3, -0.25) is 9.36 Å². The standard InChI is InChI=1S/C17H22N4O2S/c1-2-11-21-15(23)19-20-16(21)24-12-14(22)18-17(9-6-10-17)13-7-4-3-5-8-13/h3-5,7-8H,2,6,9-12H2,1H3,(H,18,22)(H,19,23). The molecular formula is C17H22N4O2S. The number of hydrogen-bond donors (Lipinski definition) is 2. The molecule has 0 radical (unpaired) electrons. The van der Waals surface area contributed by atoms with Crippen molar-refractivity contribution in [1.29, 1.82) is 0 Å². The van der Waals surface area contributed by atoms with Crippen LogP contribution in [0.25, 0.3) is 0 Å². The predicted octanol–water partition coefficient (Wildman–Crippen LogP) is 2.27. The van der Waals surface area contributed by atoms with Gasteiger partial charge in [0.1, 0.15) is 0 Å². The molecule has 1 fully saturated rings. The first-order chi connectivity index (χ1) is 11.6. The Labute approximate surface area is 145 Å². The summed E-state index contributed by atoms with van der Waals surface area (Å²) in [6.07, 6.45) is 3.90. The number of benzene rings is 1. The molecule has 24 heavy (non-hydrogen) atoms. The van der Waals surface area contributed by atoms with E-state index in [4.69, 9.17) is 0 Å². The number of H-pyrrole nitrogens is 1. The Bertz CT molecular complexity index is 749. The van der Waals surface area contributed by atoms with Gasteiger partial charge in [-0.15, -0.1) is 5.10 Å². The zero-order chi connectivity index (χ0) is 17.0. The fourth-order valence-electron chi connectivity index (χ4n) is 3.04. The van der Waals surface area contributed by atoms with Gasteiger partial charge in [0.25, 0.3) is 0 Å². The van der Waals surface area contributed by atoms with E-state index in [2.05, 4.69) is 27.6 Å². The number of amides is 1. The molecule has 0 unspecified atom stereocenters. The van der Waals surface area contributed by atoms with Crippen LogP contribution in [0.4, 0.5) is 0 Å². The molecule has 1 aromatic heterocycles. The van der Waals surface area contributed by atoms with Gasteiger partial charge >= 0.3 is 5.69 Å². The van der Waals surface area contributed by atoms with Crippen LogP contribution in [-0.2, 0) is 16.9 Å². The zero-order valence-corrected chi connectivity index (χ0v) is 14.6. The summed E-state index contributed by atoms with van der Waals surface area (Å²) in [5.41, 5.74) is 0.713. The van der Waals surface area contributed by atoms with E-state index in [9.17, 15) is 9.59 Å². The van der Waals surface area contributed by atoms with Gasteiger partial charge in [0.15, 0.2) is 5.16 Å². The average Bonchev–Trinajstić information content (AvgIpc) is 2.91. The maximum atomic E-state index is 12.4. The highest BCUT2D eigenvalue weighted by atomic mass is 32.2. The van der Waals surface area contributed by atoms with Gasteiger partial charge in [0.2, 0.25) is 5.91 Å². The van der Waals surface area contributed by atoms with Crippen molar-refractivity contribution in [2.75, 3.05) is 5.75 Å². The van der Waals surface area contributed by atoms with E-state index >= 15 is 0 Å². The number of carbonyl (C=O) groups excluding carboxylic acids is 1. The zero-order valence-electron chi connectivity index (χ0n) is 13.7. The largest absolute Gasteiger partial charge is 0.346 e. The molecule has 0 bridgehead atoms. The highest BCUT2D eigenvalue weighted by molar-refractivity contribution is 7.99. The topological polar surface area (TPSA) is 79.8 Å². The molecular weight excluding hydrogens is 324 g/mol. The molecule has 7 heteroatoms. The Morgan fingerprint density at radius 2 is 2.12 bits per heavy atom. The lowest BCUT2D eigenvalue weighted by atomic mass is 9.72. The Kier molecular flexibility index (Phi) is 5.08. The summed E-state index contributed by atoms with van der Waals surface area (Å²) in [4.78, 5) is 24.1. The summed E-state index contributed by atoms with van der Waals surface area (Å²) in [6, 6.07) is 10.1. The van der Waals surface area contributed by atoms with Crippen LogP contribution in [0, 0.1) is 0 Å². The third kappa shape index (κ3) is 3.40. The van der Waals surface area contributed by atoms with E-state index in [1.165, 1.54) is 11.8 Å². The fourth-order valence-corrected chi connectivity index (χ4v) is 3.81. The van der Waals surface area contributed by atoms with Crippen LogP contribution < -0.4 is 11.0 Å². The van der Waals surface area contributed by atoms with Gasteiger partial charge in [0.05, 0.1) is 11.3 Å². The number of nitrogens with zero attached hydrogens (tertiary/aromatic N) is 2. The van der Waals surface area contributed by atoms with Gasteiger partial charge in [-0.05, 0) is 31.2 Å². The number of hydrogen-bond acceptors (Lipinski definition) is 4. The van der Waals surface area contributed by atoms with Crippen LogP contribution in [0.5, 0.6) is 0 Å². The second-order valence-corrected chi connectivity index (χ2v) is 7.04. The Balaban J connectivity index is 1.63.